The Bertz CT molecular complexity index is 626. The quantitative estimate of drug-likeness (QED) is 0.717. The van der Waals surface area contributed by atoms with Crippen molar-refractivity contribution < 1.29 is 9.47 Å². The Labute approximate surface area is 145 Å². The van der Waals surface area contributed by atoms with Crippen LogP contribution in [0.15, 0.2) is 42.5 Å². The highest BCUT2D eigenvalue weighted by Gasteiger charge is 2.06. The van der Waals surface area contributed by atoms with E-state index < -0.39 is 0 Å². The molecule has 2 aromatic rings. The molecule has 0 aliphatic carbocycles. The Morgan fingerprint density at radius 3 is 2.17 bits per heavy atom. The zero-order chi connectivity index (χ0) is 17.4. The van der Waals surface area contributed by atoms with E-state index in [-0.39, 0.29) is 0 Å². The first-order valence-corrected chi connectivity index (χ1v) is 8.36. The van der Waals surface area contributed by atoms with E-state index in [1.807, 2.05) is 18.2 Å². The lowest BCUT2D eigenvalue weighted by Gasteiger charge is -2.17. The lowest BCUT2D eigenvalue weighted by atomic mass is 10.1. The molecule has 0 radical (unpaired) electrons. The van der Waals surface area contributed by atoms with Crippen molar-refractivity contribution in [2.24, 2.45) is 0 Å². The predicted molar refractivity (Wildman–Crippen MR) is 99.9 cm³/mol. The third-order valence-corrected chi connectivity index (χ3v) is 4.22. The molecule has 2 aromatic carbocycles. The maximum Gasteiger partial charge on any atom is 0.160 e. The highest BCUT2D eigenvalue weighted by atomic mass is 16.5. The summed E-state index contributed by atoms with van der Waals surface area (Å²) in [5, 5.41) is 0. The van der Waals surface area contributed by atoms with Gasteiger partial charge in [0.15, 0.2) is 11.5 Å². The van der Waals surface area contributed by atoms with E-state index in [4.69, 9.17) is 15.2 Å². The summed E-state index contributed by atoms with van der Waals surface area (Å²) in [5.74, 6) is 1.57. The van der Waals surface area contributed by atoms with E-state index in [2.05, 4.69) is 36.2 Å². The summed E-state index contributed by atoms with van der Waals surface area (Å²) in [6.45, 7) is 2.11. The van der Waals surface area contributed by atoms with Crippen molar-refractivity contribution in [1.82, 2.24) is 4.90 Å². The highest BCUT2D eigenvalue weighted by molar-refractivity contribution is 5.43. The van der Waals surface area contributed by atoms with Crippen LogP contribution in [0.4, 0.5) is 5.69 Å². The second-order valence-corrected chi connectivity index (χ2v) is 6.09. The minimum Gasteiger partial charge on any atom is -0.493 e. The molecule has 0 amide bonds. The summed E-state index contributed by atoms with van der Waals surface area (Å²) in [6, 6.07) is 14.3. The van der Waals surface area contributed by atoms with Crippen LogP contribution < -0.4 is 15.2 Å². The Morgan fingerprint density at radius 1 is 0.833 bits per heavy atom. The summed E-state index contributed by atoms with van der Waals surface area (Å²) >= 11 is 0. The van der Waals surface area contributed by atoms with Crippen molar-refractivity contribution in [3.05, 3.63) is 53.6 Å². The molecule has 2 rings (SSSR count). The Balaban J connectivity index is 1.74. The molecule has 0 heterocycles. The minimum atomic E-state index is 0.776. The van der Waals surface area contributed by atoms with Gasteiger partial charge in [0.25, 0.3) is 0 Å². The predicted octanol–water partition coefficient (Wildman–Crippen LogP) is 3.39. The molecule has 4 nitrogen and oxygen atoms in total. The summed E-state index contributed by atoms with van der Waals surface area (Å²) in [5.41, 5.74) is 9.14. The third kappa shape index (κ3) is 5.46. The summed E-state index contributed by atoms with van der Waals surface area (Å²) in [6.07, 6.45) is 3.23. The average Bonchev–Trinajstić information content (AvgIpc) is 2.61. The first kappa shape index (κ1) is 18.1. The molecule has 0 spiro atoms. The number of nitrogens with zero attached hydrogens (tertiary/aromatic N) is 1. The van der Waals surface area contributed by atoms with Crippen LogP contribution in [-0.4, -0.2) is 39.3 Å². The van der Waals surface area contributed by atoms with Crippen molar-refractivity contribution >= 4 is 5.69 Å². The van der Waals surface area contributed by atoms with Gasteiger partial charge in [-0.2, -0.15) is 0 Å². The number of methoxy groups -OCH3 is 2. The van der Waals surface area contributed by atoms with Gasteiger partial charge in [0, 0.05) is 12.2 Å². The second-order valence-electron chi connectivity index (χ2n) is 6.09. The standard InChI is InChI=1S/C20H28N2O2/c1-22(13-4-5-16-6-9-18(21)10-7-16)14-12-17-8-11-19(23-2)20(15-17)24-3/h6-11,15H,4-5,12-14,21H2,1-3H3. The number of hydrogen-bond donors (Lipinski definition) is 1. The van der Waals surface area contributed by atoms with Crippen LogP contribution in [0.3, 0.4) is 0 Å². The normalized spacial score (nSPS) is 10.8. The molecular formula is C20H28N2O2. The maximum atomic E-state index is 5.71. The second kappa shape index (κ2) is 9.18. The third-order valence-electron chi connectivity index (χ3n) is 4.22. The van der Waals surface area contributed by atoms with Crippen molar-refractivity contribution in [2.45, 2.75) is 19.3 Å². The number of rotatable bonds is 9. The first-order chi connectivity index (χ1) is 11.6. The van der Waals surface area contributed by atoms with E-state index in [0.29, 0.717) is 0 Å². The fraction of sp³-hybridized carbons (Fsp3) is 0.400. The fourth-order valence-electron chi connectivity index (χ4n) is 2.71. The molecule has 2 N–H and O–H groups in total. The number of benzene rings is 2. The van der Waals surface area contributed by atoms with Gasteiger partial charge < -0.3 is 20.1 Å². The zero-order valence-corrected chi connectivity index (χ0v) is 14.9. The summed E-state index contributed by atoms with van der Waals surface area (Å²) in [7, 11) is 5.50. The molecule has 0 atom stereocenters. The molecule has 0 unspecified atom stereocenters. The molecule has 0 fully saturated rings. The topological polar surface area (TPSA) is 47.7 Å². The van der Waals surface area contributed by atoms with Gasteiger partial charge in [-0.05, 0) is 68.2 Å². The maximum absolute atomic E-state index is 5.71. The lowest BCUT2D eigenvalue weighted by molar-refractivity contribution is 0.332. The van der Waals surface area contributed by atoms with Gasteiger partial charge in [0.2, 0.25) is 0 Å². The lowest BCUT2D eigenvalue weighted by Crippen LogP contribution is -2.22. The number of anilines is 1. The van der Waals surface area contributed by atoms with Crippen LogP contribution >= 0.6 is 0 Å². The van der Waals surface area contributed by atoms with Gasteiger partial charge in [-0.3, -0.25) is 0 Å². The van der Waals surface area contributed by atoms with Gasteiger partial charge in [-0.15, -0.1) is 0 Å². The molecule has 0 saturated heterocycles. The van der Waals surface area contributed by atoms with E-state index in [9.17, 15) is 0 Å². The molecule has 4 heteroatoms. The van der Waals surface area contributed by atoms with Crippen molar-refractivity contribution in [1.29, 1.82) is 0 Å². The van der Waals surface area contributed by atoms with Gasteiger partial charge in [0.05, 0.1) is 14.2 Å². The number of hydrogen-bond acceptors (Lipinski definition) is 4. The number of nitrogen functional groups attached to an aromatic ring is 1. The van der Waals surface area contributed by atoms with Crippen LogP contribution in [0.2, 0.25) is 0 Å². The molecule has 0 aliphatic heterocycles. The molecular weight excluding hydrogens is 300 g/mol. The van der Waals surface area contributed by atoms with Crippen molar-refractivity contribution in [2.75, 3.05) is 40.1 Å². The van der Waals surface area contributed by atoms with E-state index in [1.165, 1.54) is 11.1 Å². The van der Waals surface area contributed by atoms with Crippen molar-refractivity contribution in [3.8, 4) is 11.5 Å². The first-order valence-electron chi connectivity index (χ1n) is 8.36. The van der Waals surface area contributed by atoms with Crippen LogP contribution in [0.5, 0.6) is 11.5 Å². The molecule has 24 heavy (non-hydrogen) atoms. The molecule has 0 bridgehead atoms. The summed E-state index contributed by atoms with van der Waals surface area (Å²) in [4.78, 5) is 2.37. The Morgan fingerprint density at radius 2 is 1.50 bits per heavy atom. The van der Waals surface area contributed by atoms with Crippen LogP contribution in [0.25, 0.3) is 0 Å². The average molecular weight is 328 g/mol. The zero-order valence-electron chi connectivity index (χ0n) is 14.9. The van der Waals surface area contributed by atoms with Crippen LogP contribution in [-0.2, 0) is 12.8 Å². The SMILES string of the molecule is COc1ccc(CCN(C)CCCc2ccc(N)cc2)cc1OC. The smallest absolute Gasteiger partial charge is 0.160 e. The monoisotopic (exact) mass is 328 g/mol. The summed E-state index contributed by atoms with van der Waals surface area (Å²) < 4.78 is 10.6. The minimum absolute atomic E-state index is 0.776. The van der Waals surface area contributed by atoms with E-state index >= 15 is 0 Å². The molecule has 0 aliphatic rings. The Hall–Kier alpha value is -2.20. The highest BCUT2D eigenvalue weighted by Crippen LogP contribution is 2.27. The van der Waals surface area contributed by atoms with Gasteiger partial charge in [-0.25, -0.2) is 0 Å². The fourth-order valence-corrected chi connectivity index (χ4v) is 2.71. The van der Waals surface area contributed by atoms with E-state index in [1.54, 1.807) is 14.2 Å². The van der Waals surface area contributed by atoms with E-state index in [0.717, 1.165) is 49.5 Å². The molecule has 0 aromatic heterocycles. The Kier molecular flexibility index (Phi) is 6.94. The molecule has 0 saturated carbocycles. The van der Waals surface area contributed by atoms with Crippen molar-refractivity contribution in [3.63, 3.8) is 0 Å². The number of likely N-dealkylation sites (N-methyl/N-ethyl adjacent to an activating group) is 1. The van der Waals surface area contributed by atoms with Crippen LogP contribution in [0.1, 0.15) is 17.5 Å². The number of ether oxygens (including phenoxy) is 2. The van der Waals surface area contributed by atoms with Gasteiger partial charge in [0.1, 0.15) is 0 Å². The van der Waals surface area contributed by atoms with Gasteiger partial charge in [-0.1, -0.05) is 18.2 Å². The number of nitrogens with two attached hydrogens (primary N) is 1. The van der Waals surface area contributed by atoms with Gasteiger partial charge >= 0.3 is 0 Å². The van der Waals surface area contributed by atoms with Crippen LogP contribution in [0, 0.1) is 0 Å². The molecule has 130 valence electrons. The largest absolute Gasteiger partial charge is 0.493 e. The number of aryl methyl sites for hydroxylation is 1.